The molecule has 0 aromatic carbocycles. The first-order valence-corrected chi connectivity index (χ1v) is 11.2. The molecule has 0 unspecified atom stereocenters. The van der Waals surface area contributed by atoms with Gasteiger partial charge >= 0.3 is 12.0 Å². The highest BCUT2D eigenvalue weighted by Crippen LogP contribution is 2.36. The zero-order valence-electron chi connectivity index (χ0n) is 16.5. The lowest BCUT2D eigenvalue weighted by Gasteiger charge is -2.34. The molecule has 1 aromatic rings. The van der Waals surface area contributed by atoms with Crippen LogP contribution in [0.25, 0.3) is 0 Å². The smallest absolute Gasteiger partial charge is 0.323 e. The lowest BCUT2D eigenvalue weighted by atomic mass is 9.94. The van der Waals surface area contributed by atoms with Crippen LogP contribution >= 0.6 is 23.1 Å². The largest absolute Gasteiger partial charge is 0.480 e. The van der Waals surface area contributed by atoms with Gasteiger partial charge in [-0.15, -0.1) is 10.2 Å². The summed E-state index contributed by atoms with van der Waals surface area (Å²) in [5.74, 6) is -0.378. The van der Waals surface area contributed by atoms with Crippen LogP contribution in [0.5, 0.6) is 0 Å². The number of carboxylic acid groups (broad SMARTS) is 1. The van der Waals surface area contributed by atoms with E-state index in [1.807, 2.05) is 4.90 Å². The molecule has 7 nitrogen and oxygen atoms in total. The summed E-state index contributed by atoms with van der Waals surface area (Å²) in [5, 5.41) is 20.6. The predicted molar refractivity (Wildman–Crippen MR) is 110 cm³/mol. The molecule has 0 radical (unpaired) electrons. The molecule has 152 valence electrons. The van der Waals surface area contributed by atoms with Crippen LogP contribution < -0.4 is 5.32 Å². The fraction of sp³-hybridized carbons (Fsp3) is 0.778. The van der Waals surface area contributed by atoms with Crippen molar-refractivity contribution in [2.24, 2.45) is 5.92 Å². The van der Waals surface area contributed by atoms with Gasteiger partial charge in [-0.3, -0.25) is 10.1 Å². The van der Waals surface area contributed by atoms with Crippen molar-refractivity contribution in [3.8, 4) is 0 Å². The summed E-state index contributed by atoms with van der Waals surface area (Å²) in [4.78, 5) is 26.1. The minimum absolute atomic E-state index is 0.132. The van der Waals surface area contributed by atoms with Gasteiger partial charge in [0.1, 0.15) is 4.75 Å². The van der Waals surface area contributed by atoms with E-state index >= 15 is 0 Å². The van der Waals surface area contributed by atoms with Gasteiger partial charge in [0.15, 0.2) is 4.34 Å². The molecule has 0 spiro atoms. The van der Waals surface area contributed by atoms with Crippen molar-refractivity contribution < 1.29 is 14.7 Å². The molecule has 0 saturated heterocycles. The van der Waals surface area contributed by atoms with Gasteiger partial charge in [-0.05, 0) is 39.0 Å². The lowest BCUT2D eigenvalue weighted by Crippen LogP contribution is -2.44. The summed E-state index contributed by atoms with van der Waals surface area (Å²) in [5.41, 5.74) is 0. The molecule has 1 saturated carbocycles. The number of amides is 2. The Kier molecular flexibility index (Phi) is 7.91. The first-order chi connectivity index (χ1) is 12.7. The topological polar surface area (TPSA) is 95.4 Å². The molecule has 1 aliphatic carbocycles. The van der Waals surface area contributed by atoms with E-state index in [1.165, 1.54) is 30.6 Å². The Morgan fingerprint density at radius 3 is 2.56 bits per heavy atom. The van der Waals surface area contributed by atoms with Gasteiger partial charge in [0, 0.05) is 12.6 Å². The highest BCUT2D eigenvalue weighted by molar-refractivity contribution is 8.03. The van der Waals surface area contributed by atoms with Crippen LogP contribution in [-0.4, -0.2) is 49.5 Å². The van der Waals surface area contributed by atoms with Crippen LogP contribution in [0.15, 0.2) is 4.34 Å². The Hall–Kier alpha value is -1.35. The third kappa shape index (κ3) is 6.64. The summed E-state index contributed by atoms with van der Waals surface area (Å²) in [6.07, 6.45) is 6.64. The van der Waals surface area contributed by atoms with Gasteiger partial charge < -0.3 is 10.0 Å². The number of carbonyl (C=O) groups excluding carboxylic acids is 1. The molecule has 0 atom stereocenters. The minimum atomic E-state index is -0.994. The van der Waals surface area contributed by atoms with Gasteiger partial charge in [-0.1, -0.05) is 56.2 Å². The van der Waals surface area contributed by atoms with E-state index in [9.17, 15) is 14.7 Å². The number of hydrogen-bond donors (Lipinski definition) is 2. The predicted octanol–water partition coefficient (Wildman–Crippen LogP) is 4.71. The third-order valence-corrected chi connectivity index (χ3v) is 6.78. The number of rotatable bonds is 8. The summed E-state index contributed by atoms with van der Waals surface area (Å²) in [6.45, 7) is 8.30. The number of carboxylic acids is 1. The van der Waals surface area contributed by atoms with Crippen molar-refractivity contribution in [3.63, 3.8) is 0 Å². The van der Waals surface area contributed by atoms with E-state index in [1.54, 1.807) is 13.8 Å². The molecule has 2 rings (SSSR count). The quantitative estimate of drug-likeness (QED) is 0.473. The Morgan fingerprint density at radius 2 is 1.96 bits per heavy atom. The summed E-state index contributed by atoms with van der Waals surface area (Å²) < 4.78 is -0.462. The summed E-state index contributed by atoms with van der Waals surface area (Å²) in [6, 6.07) is 0.151. The number of thioether (sulfide) groups is 1. The molecule has 1 heterocycles. The molecular formula is C18H30N4O3S2. The van der Waals surface area contributed by atoms with E-state index in [0.717, 1.165) is 37.6 Å². The fourth-order valence-electron chi connectivity index (χ4n) is 2.97. The lowest BCUT2D eigenvalue weighted by molar-refractivity contribution is -0.138. The molecule has 9 heteroatoms. The monoisotopic (exact) mass is 414 g/mol. The maximum Gasteiger partial charge on any atom is 0.323 e. The average Bonchev–Trinajstić information content (AvgIpc) is 3.01. The standard InChI is InChI=1S/C18H30N4O3S2/c1-12(2)10-11-22(13-8-6-5-7-9-13)16(25)19-15-20-21-17(26-15)27-18(3,4)14(23)24/h12-13H,5-11H2,1-4H3,(H,23,24)(H,19,20,25). The van der Waals surface area contributed by atoms with Gasteiger partial charge in [0.2, 0.25) is 5.13 Å². The molecule has 1 aliphatic rings. The summed E-state index contributed by atoms with van der Waals surface area (Å²) in [7, 11) is 0. The molecule has 1 aromatic heterocycles. The van der Waals surface area contributed by atoms with E-state index < -0.39 is 10.7 Å². The van der Waals surface area contributed by atoms with Crippen LogP contribution in [0.4, 0.5) is 9.93 Å². The van der Waals surface area contributed by atoms with Crippen LogP contribution in [0.2, 0.25) is 0 Å². The van der Waals surface area contributed by atoms with E-state index in [4.69, 9.17) is 0 Å². The fourth-order valence-corrected chi connectivity index (χ4v) is 5.07. The summed E-state index contributed by atoms with van der Waals surface area (Å²) >= 11 is 2.35. The van der Waals surface area contributed by atoms with E-state index in [2.05, 4.69) is 29.4 Å². The average molecular weight is 415 g/mol. The van der Waals surface area contributed by atoms with E-state index in [0.29, 0.717) is 15.4 Å². The second kappa shape index (κ2) is 9.73. The van der Waals surface area contributed by atoms with Crippen molar-refractivity contribution in [1.29, 1.82) is 0 Å². The number of hydrogen-bond acceptors (Lipinski definition) is 6. The third-order valence-electron chi connectivity index (χ3n) is 4.70. The van der Waals surface area contributed by atoms with Crippen LogP contribution in [-0.2, 0) is 4.79 Å². The van der Waals surface area contributed by atoms with Gasteiger partial charge in [-0.25, -0.2) is 4.79 Å². The number of nitrogens with one attached hydrogen (secondary N) is 1. The van der Waals surface area contributed by atoms with Crippen molar-refractivity contribution in [3.05, 3.63) is 0 Å². The van der Waals surface area contributed by atoms with Gasteiger partial charge in [0.05, 0.1) is 0 Å². The van der Waals surface area contributed by atoms with Crippen LogP contribution in [0.1, 0.15) is 66.2 Å². The van der Waals surface area contributed by atoms with Crippen molar-refractivity contribution in [1.82, 2.24) is 15.1 Å². The second-order valence-corrected chi connectivity index (χ2v) is 10.7. The second-order valence-electron chi connectivity index (χ2n) is 7.89. The number of aliphatic carboxylic acids is 1. The Balaban J connectivity index is 2.02. The minimum Gasteiger partial charge on any atom is -0.480 e. The maximum absolute atomic E-state index is 12.9. The molecule has 0 aliphatic heterocycles. The molecule has 2 N–H and O–H groups in total. The molecule has 1 fully saturated rings. The van der Waals surface area contributed by atoms with Gasteiger partial charge in [0.25, 0.3) is 0 Å². The van der Waals surface area contributed by atoms with Crippen molar-refractivity contribution >= 4 is 40.2 Å². The first-order valence-electron chi connectivity index (χ1n) is 9.52. The Bertz CT molecular complexity index is 642. The molecular weight excluding hydrogens is 384 g/mol. The SMILES string of the molecule is CC(C)CCN(C(=O)Nc1nnc(SC(C)(C)C(=O)O)s1)C1CCCCC1. The number of anilines is 1. The number of aromatic nitrogens is 2. The highest BCUT2D eigenvalue weighted by atomic mass is 32.2. The molecule has 2 amide bonds. The van der Waals surface area contributed by atoms with Crippen LogP contribution in [0, 0.1) is 5.92 Å². The highest BCUT2D eigenvalue weighted by Gasteiger charge is 2.31. The molecule has 27 heavy (non-hydrogen) atoms. The molecule has 0 bridgehead atoms. The number of carbonyl (C=O) groups is 2. The zero-order valence-corrected chi connectivity index (χ0v) is 18.2. The normalized spacial score (nSPS) is 15.7. The maximum atomic E-state index is 12.9. The van der Waals surface area contributed by atoms with Gasteiger partial charge in [-0.2, -0.15) is 0 Å². The van der Waals surface area contributed by atoms with Crippen molar-refractivity contribution in [2.45, 2.75) is 81.3 Å². The number of nitrogens with zero attached hydrogens (tertiary/aromatic N) is 3. The first kappa shape index (κ1) is 21.9. The van der Waals surface area contributed by atoms with Crippen molar-refractivity contribution in [2.75, 3.05) is 11.9 Å². The van der Waals surface area contributed by atoms with E-state index in [-0.39, 0.29) is 12.1 Å². The zero-order chi connectivity index (χ0) is 20.0. The Labute approximate surface area is 169 Å². The van der Waals surface area contributed by atoms with Crippen LogP contribution in [0.3, 0.4) is 0 Å². The number of urea groups is 1. The Morgan fingerprint density at radius 1 is 1.30 bits per heavy atom.